The fourth-order valence-corrected chi connectivity index (χ4v) is 4.08. The van der Waals surface area contributed by atoms with Crippen molar-refractivity contribution in [1.29, 1.82) is 0 Å². The van der Waals surface area contributed by atoms with Crippen LogP contribution in [-0.4, -0.2) is 54.1 Å². The van der Waals surface area contributed by atoms with Gasteiger partial charge in [-0.3, -0.25) is 9.69 Å². The molecule has 0 N–H and O–H groups in total. The highest BCUT2D eigenvalue weighted by atomic mass is 16.5. The summed E-state index contributed by atoms with van der Waals surface area (Å²) in [5.74, 6) is -0.703. The molecule has 2 heterocycles. The first kappa shape index (κ1) is 22.0. The molecule has 1 saturated heterocycles. The standard InChI is InChI=1S/C26H28N2O4/c1-19-16-24(20(2)28(19)23-6-4-3-5-7-23)25(29)18-32-26(30)22-10-8-21(9-11-22)17-27-12-14-31-15-13-27/h3-11,16H,12-15,17-18H2,1-2H3. The highest BCUT2D eigenvalue weighted by molar-refractivity contribution is 6.00. The summed E-state index contributed by atoms with van der Waals surface area (Å²) in [6.45, 7) is 7.75. The summed E-state index contributed by atoms with van der Waals surface area (Å²) in [5.41, 5.74) is 4.93. The van der Waals surface area contributed by atoms with Gasteiger partial charge in [-0.1, -0.05) is 30.3 Å². The third-order valence-corrected chi connectivity index (χ3v) is 5.78. The quantitative estimate of drug-likeness (QED) is 0.418. The van der Waals surface area contributed by atoms with Crippen molar-refractivity contribution in [3.63, 3.8) is 0 Å². The predicted molar refractivity (Wildman–Crippen MR) is 122 cm³/mol. The zero-order chi connectivity index (χ0) is 22.5. The second kappa shape index (κ2) is 9.94. The molecule has 1 fully saturated rings. The Balaban J connectivity index is 1.36. The second-order valence-electron chi connectivity index (χ2n) is 8.04. The number of carbonyl (C=O) groups is 2. The van der Waals surface area contributed by atoms with E-state index >= 15 is 0 Å². The number of Topliss-reactive ketones (excluding diaryl/α,β-unsaturated/α-hetero) is 1. The van der Waals surface area contributed by atoms with Gasteiger partial charge in [-0.2, -0.15) is 0 Å². The van der Waals surface area contributed by atoms with Crippen molar-refractivity contribution in [2.75, 3.05) is 32.9 Å². The van der Waals surface area contributed by atoms with Gasteiger partial charge < -0.3 is 14.0 Å². The average Bonchev–Trinajstić information content (AvgIpc) is 3.13. The smallest absolute Gasteiger partial charge is 0.338 e. The Kier molecular flexibility index (Phi) is 6.83. The molecule has 1 aliphatic rings. The maximum atomic E-state index is 12.8. The normalized spacial score (nSPS) is 14.3. The lowest BCUT2D eigenvalue weighted by molar-refractivity contribution is 0.0342. The van der Waals surface area contributed by atoms with Crippen LogP contribution < -0.4 is 0 Å². The molecule has 1 aliphatic heterocycles. The molecule has 0 bridgehead atoms. The van der Waals surface area contributed by atoms with E-state index in [9.17, 15) is 9.59 Å². The first-order valence-electron chi connectivity index (χ1n) is 10.9. The number of nitrogens with zero attached hydrogens (tertiary/aromatic N) is 2. The fraction of sp³-hybridized carbons (Fsp3) is 0.308. The summed E-state index contributed by atoms with van der Waals surface area (Å²) in [5, 5.41) is 0. The highest BCUT2D eigenvalue weighted by Crippen LogP contribution is 2.21. The molecule has 6 heteroatoms. The number of para-hydroxylation sites is 1. The first-order chi connectivity index (χ1) is 15.5. The molecule has 166 valence electrons. The van der Waals surface area contributed by atoms with E-state index in [1.807, 2.05) is 66.9 Å². The molecule has 0 saturated carbocycles. The van der Waals surface area contributed by atoms with Crippen LogP contribution in [-0.2, 0) is 16.0 Å². The summed E-state index contributed by atoms with van der Waals surface area (Å²) in [6, 6.07) is 19.1. The number of benzene rings is 2. The zero-order valence-corrected chi connectivity index (χ0v) is 18.5. The molecular weight excluding hydrogens is 404 g/mol. The summed E-state index contributed by atoms with van der Waals surface area (Å²) >= 11 is 0. The Morgan fingerprint density at radius 1 is 0.969 bits per heavy atom. The van der Waals surface area contributed by atoms with E-state index in [-0.39, 0.29) is 12.4 Å². The van der Waals surface area contributed by atoms with Crippen LogP contribution in [0.2, 0.25) is 0 Å². The maximum absolute atomic E-state index is 12.8. The summed E-state index contributed by atoms with van der Waals surface area (Å²) in [4.78, 5) is 27.5. The molecule has 2 aromatic carbocycles. The molecule has 0 aliphatic carbocycles. The third kappa shape index (κ3) is 4.98. The molecule has 3 aromatic rings. The number of hydrogen-bond acceptors (Lipinski definition) is 5. The van der Waals surface area contributed by atoms with E-state index in [0.717, 1.165) is 55.5 Å². The average molecular weight is 433 g/mol. The predicted octanol–water partition coefficient (Wildman–Crippen LogP) is 3.97. The van der Waals surface area contributed by atoms with Gasteiger partial charge >= 0.3 is 5.97 Å². The number of esters is 1. The van der Waals surface area contributed by atoms with Gasteiger partial charge in [0.15, 0.2) is 6.61 Å². The van der Waals surface area contributed by atoms with Crippen molar-refractivity contribution < 1.29 is 19.1 Å². The van der Waals surface area contributed by atoms with Crippen molar-refractivity contribution in [3.05, 3.63) is 88.7 Å². The minimum absolute atomic E-state index is 0.211. The Hall–Kier alpha value is -3.22. The number of morpholine rings is 1. The van der Waals surface area contributed by atoms with Crippen LogP contribution in [0.3, 0.4) is 0 Å². The number of ether oxygens (including phenoxy) is 2. The monoisotopic (exact) mass is 432 g/mol. The van der Waals surface area contributed by atoms with Crippen LogP contribution in [0.25, 0.3) is 5.69 Å². The first-order valence-corrected chi connectivity index (χ1v) is 10.9. The van der Waals surface area contributed by atoms with Crippen molar-refractivity contribution in [2.45, 2.75) is 20.4 Å². The van der Waals surface area contributed by atoms with Crippen LogP contribution >= 0.6 is 0 Å². The van der Waals surface area contributed by atoms with Crippen molar-refractivity contribution in [1.82, 2.24) is 9.47 Å². The zero-order valence-electron chi connectivity index (χ0n) is 18.5. The van der Waals surface area contributed by atoms with E-state index in [4.69, 9.17) is 9.47 Å². The lowest BCUT2D eigenvalue weighted by Crippen LogP contribution is -2.35. The van der Waals surface area contributed by atoms with Crippen molar-refractivity contribution >= 4 is 11.8 Å². The summed E-state index contributed by atoms with van der Waals surface area (Å²) in [7, 11) is 0. The molecule has 6 nitrogen and oxygen atoms in total. The van der Waals surface area contributed by atoms with Gasteiger partial charge in [0.1, 0.15) is 0 Å². The van der Waals surface area contributed by atoms with E-state index in [1.54, 1.807) is 12.1 Å². The molecule has 0 amide bonds. The van der Waals surface area contributed by atoms with E-state index in [1.165, 1.54) is 0 Å². The highest BCUT2D eigenvalue weighted by Gasteiger charge is 2.19. The number of hydrogen-bond donors (Lipinski definition) is 0. The van der Waals surface area contributed by atoms with E-state index < -0.39 is 5.97 Å². The van der Waals surface area contributed by atoms with Crippen molar-refractivity contribution in [3.8, 4) is 5.69 Å². The Morgan fingerprint density at radius 3 is 2.34 bits per heavy atom. The van der Waals surface area contributed by atoms with Gasteiger partial charge in [-0.15, -0.1) is 0 Å². The van der Waals surface area contributed by atoms with Crippen LogP contribution in [0.1, 0.15) is 37.7 Å². The number of rotatable bonds is 7. The van der Waals surface area contributed by atoms with Gasteiger partial charge in [0.2, 0.25) is 5.78 Å². The Labute approximate surface area is 188 Å². The number of aromatic nitrogens is 1. The number of aryl methyl sites for hydroxylation is 1. The van der Waals surface area contributed by atoms with E-state index in [2.05, 4.69) is 4.90 Å². The lowest BCUT2D eigenvalue weighted by atomic mass is 10.1. The number of ketones is 1. The minimum atomic E-state index is -0.492. The molecule has 0 unspecified atom stereocenters. The SMILES string of the molecule is Cc1cc(C(=O)COC(=O)c2ccc(CN3CCOCC3)cc2)c(C)n1-c1ccccc1. The topological polar surface area (TPSA) is 60.8 Å². The van der Waals surface area contributed by atoms with Crippen LogP contribution in [0.15, 0.2) is 60.7 Å². The van der Waals surface area contributed by atoms with Crippen LogP contribution in [0, 0.1) is 13.8 Å². The summed E-state index contributed by atoms with van der Waals surface area (Å²) in [6.07, 6.45) is 0. The van der Waals surface area contributed by atoms with E-state index in [0.29, 0.717) is 11.1 Å². The second-order valence-corrected chi connectivity index (χ2v) is 8.04. The molecule has 4 rings (SSSR count). The fourth-order valence-electron chi connectivity index (χ4n) is 4.08. The minimum Gasteiger partial charge on any atom is -0.454 e. The van der Waals surface area contributed by atoms with Gasteiger partial charge in [0, 0.05) is 42.3 Å². The molecule has 32 heavy (non-hydrogen) atoms. The Bertz CT molecular complexity index is 1080. The molecule has 0 atom stereocenters. The Morgan fingerprint density at radius 2 is 1.66 bits per heavy atom. The lowest BCUT2D eigenvalue weighted by Gasteiger charge is -2.26. The van der Waals surface area contributed by atoms with Gasteiger partial charge in [0.05, 0.1) is 18.8 Å². The largest absolute Gasteiger partial charge is 0.454 e. The molecule has 1 aromatic heterocycles. The number of carbonyl (C=O) groups excluding carboxylic acids is 2. The van der Waals surface area contributed by atoms with Crippen LogP contribution in [0.4, 0.5) is 0 Å². The molecular formula is C26H28N2O4. The molecule has 0 spiro atoms. The third-order valence-electron chi connectivity index (χ3n) is 5.78. The van der Waals surface area contributed by atoms with Crippen molar-refractivity contribution in [2.24, 2.45) is 0 Å². The van der Waals surface area contributed by atoms with Gasteiger partial charge in [0.25, 0.3) is 0 Å². The summed E-state index contributed by atoms with van der Waals surface area (Å²) < 4.78 is 12.7. The van der Waals surface area contributed by atoms with Gasteiger partial charge in [-0.05, 0) is 49.7 Å². The molecule has 0 radical (unpaired) electrons. The van der Waals surface area contributed by atoms with Crippen LogP contribution in [0.5, 0.6) is 0 Å². The maximum Gasteiger partial charge on any atom is 0.338 e. The van der Waals surface area contributed by atoms with Gasteiger partial charge in [-0.25, -0.2) is 4.79 Å².